The summed E-state index contributed by atoms with van der Waals surface area (Å²) in [5, 5.41) is 6.88. The predicted molar refractivity (Wildman–Crippen MR) is 95.5 cm³/mol. The van der Waals surface area contributed by atoms with Crippen molar-refractivity contribution in [2.75, 3.05) is 34.8 Å². The molecule has 2 amide bonds. The van der Waals surface area contributed by atoms with Crippen LogP contribution in [-0.4, -0.2) is 55.8 Å². The minimum atomic E-state index is -0.164. The van der Waals surface area contributed by atoms with Gasteiger partial charge in [0, 0.05) is 25.2 Å². The first-order chi connectivity index (χ1) is 11.9. The molecule has 0 fully saturated rings. The third-order valence-electron chi connectivity index (χ3n) is 3.99. The lowest BCUT2D eigenvalue weighted by Gasteiger charge is -2.27. The number of carbonyl (C=O) groups is 1. The minimum absolute atomic E-state index is 0.00259. The Morgan fingerprint density at radius 2 is 2.04 bits per heavy atom. The molecule has 0 aliphatic heterocycles. The summed E-state index contributed by atoms with van der Waals surface area (Å²) in [5.74, 6) is 1.54. The predicted octanol–water partition coefficient (Wildman–Crippen LogP) is 2.44. The number of hydrogen-bond donors (Lipinski definition) is 1. The van der Waals surface area contributed by atoms with Gasteiger partial charge in [-0.2, -0.15) is 0 Å². The highest BCUT2D eigenvalue weighted by Gasteiger charge is 2.20. The zero-order valence-corrected chi connectivity index (χ0v) is 15.4. The van der Waals surface area contributed by atoms with Crippen LogP contribution in [0.5, 0.6) is 5.75 Å². The fourth-order valence-electron chi connectivity index (χ4n) is 2.64. The number of nitrogens with one attached hydrogen (secondary N) is 1. The fraction of sp³-hybridized carbons (Fsp3) is 0.444. The van der Waals surface area contributed by atoms with Gasteiger partial charge < -0.3 is 24.4 Å². The van der Waals surface area contributed by atoms with Crippen LogP contribution >= 0.6 is 0 Å². The maximum absolute atomic E-state index is 12.4. The molecule has 7 heteroatoms. The van der Waals surface area contributed by atoms with E-state index in [0.717, 1.165) is 22.8 Å². The first-order valence-corrected chi connectivity index (χ1v) is 8.13. The maximum Gasteiger partial charge on any atom is 0.317 e. The van der Waals surface area contributed by atoms with Crippen LogP contribution < -0.4 is 10.1 Å². The number of aromatic nitrogens is 1. The monoisotopic (exact) mass is 346 g/mol. The van der Waals surface area contributed by atoms with Crippen LogP contribution in [0.2, 0.25) is 0 Å². The number of rotatable bonds is 7. The third kappa shape index (κ3) is 4.96. The van der Waals surface area contributed by atoms with E-state index in [1.807, 2.05) is 51.4 Å². The van der Waals surface area contributed by atoms with Gasteiger partial charge in [0.05, 0.1) is 19.7 Å². The molecular weight excluding hydrogens is 320 g/mol. The zero-order valence-electron chi connectivity index (χ0n) is 15.4. The molecule has 2 aromatic rings. The Morgan fingerprint density at radius 3 is 2.64 bits per heavy atom. The fourth-order valence-corrected chi connectivity index (χ4v) is 2.64. The Morgan fingerprint density at radius 1 is 1.32 bits per heavy atom. The molecule has 0 unspecified atom stereocenters. The quantitative estimate of drug-likeness (QED) is 0.834. The number of likely N-dealkylation sites (N-methyl/N-ethyl adjacent to an activating group) is 1. The van der Waals surface area contributed by atoms with E-state index in [1.54, 1.807) is 19.1 Å². The van der Waals surface area contributed by atoms with Gasteiger partial charge in [0.25, 0.3) is 0 Å². The number of aryl methyl sites for hydroxylation is 1. The van der Waals surface area contributed by atoms with Crippen molar-refractivity contribution in [3.05, 3.63) is 47.3 Å². The topological polar surface area (TPSA) is 70.8 Å². The average molecular weight is 346 g/mol. The van der Waals surface area contributed by atoms with Crippen LogP contribution in [0.15, 0.2) is 34.9 Å². The maximum atomic E-state index is 12.4. The van der Waals surface area contributed by atoms with Gasteiger partial charge in [-0.05, 0) is 27.1 Å². The highest BCUT2D eigenvalue weighted by Crippen LogP contribution is 2.27. The lowest BCUT2D eigenvalue weighted by Crippen LogP contribution is -2.41. The van der Waals surface area contributed by atoms with Gasteiger partial charge in [-0.1, -0.05) is 23.4 Å². The number of carbonyl (C=O) groups excluding carboxylic acids is 1. The van der Waals surface area contributed by atoms with E-state index in [9.17, 15) is 4.79 Å². The van der Waals surface area contributed by atoms with Crippen molar-refractivity contribution < 1.29 is 14.1 Å². The van der Waals surface area contributed by atoms with Crippen molar-refractivity contribution in [1.82, 2.24) is 20.3 Å². The van der Waals surface area contributed by atoms with Gasteiger partial charge in [-0.15, -0.1) is 0 Å². The lowest BCUT2D eigenvalue weighted by molar-refractivity contribution is 0.199. The second-order valence-electron chi connectivity index (χ2n) is 6.19. The Labute approximate surface area is 148 Å². The molecule has 0 aliphatic rings. The number of methoxy groups -OCH3 is 1. The van der Waals surface area contributed by atoms with Gasteiger partial charge in [-0.3, -0.25) is 0 Å². The number of hydrogen-bond acceptors (Lipinski definition) is 5. The van der Waals surface area contributed by atoms with Gasteiger partial charge in [-0.25, -0.2) is 4.79 Å². The third-order valence-corrected chi connectivity index (χ3v) is 3.99. The Hall–Kier alpha value is -2.54. The number of ether oxygens (including phenoxy) is 1. The molecule has 7 nitrogen and oxygen atoms in total. The van der Waals surface area contributed by atoms with Crippen molar-refractivity contribution in [2.45, 2.75) is 19.5 Å². The summed E-state index contributed by atoms with van der Waals surface area (Å²) in [4.78, 5) is 16.0. The van der Waals surface area contributed by atoms with E-state index in [0.29, 0.717) is 13.1 Å². The zero-order chi connectivity index (χ0) is 18.4. The molecule has 1 heterocycles. The summed E-state index contributed by atoms with van der Waals surface area (Å²) < 4.78 is 10.5. The highest BCUT2D eigenvalue weighted by molar-refractivity contribution is 5.73. The summed E-state index contributed by atoms with van der Waals surface area (Å²) in [6.07, 6.45) is 0. The minimum Gasteiger partial charge on any atom is -0.496 e. The summed E-state index contributed by atoms with van der Waals surface area (Å²) >= 11 is 0. The van der Waals surface area contributed by atoms with E-state index >= 15 is 0 Å². The number of urea groups is 1. The molecule has 25 heavy (non-hydrogen) atoms. The normalized spacial score (nSPS) is 12.1. The SMILES string of the molecule is COc1ccccc1[C@H](CNC(=O)N(C)Cc1cc(C)on1)N(C)C. The summed E-state index contributed by atoms with van der Waals surface area (Å²) in [6.45, 7) is 2.68. The van der Waals surface area contributed by atoms with Crippen LogP contribution in [0.4, 0.5) is 4.79 Å². The van der Waals surface area contributed by atoms with Crippen molar-refractivity contribution in [3.63, 3.8) is 0 Å². The number of benzene rings is 1. The molecule has 1 N–H and O–H groups in total. The molecule has 0 spiro atoms. The number of amides is 2. The Bertz CT molecular complexity index is 699. The Balaban J connectivity index is 1.99. The molecule has 0 radical (unpaired) electrons. The van der Waals surface area contributed by atoms with Crippen LogP contribution in [0, 0.1) is 6.92 Å². The largest absolute Gasteiger partial charge is 0.496 e. The van der Waals surface area contributed by atoms with Crippen LogP contribution in [0.25, 0.3) is 0 Å². The smallest absolute Gasteiger partial charge is 0.317 e. The van der Waals surface area contributed by atoms with Gasteiger partial charge >= 0.3 is 6.03 Å². The van der Waals surface area contributed by atoms with E-state index in [1.165, 1.54) is 0 Å². The first-order valence-electron chi connectivity index (χ1n) is 8.13. The molecule has 0 saturated heterocycles. The van der Waals surface area contributed by atoms with Crippen LogP contribution in [0.3, 0.4) is 0 Å². The van der Waals surface area contributed by atoms with Gasteiger partial charge in [0.15, 0.2) is 0 Å². The summed E-state index contributed by atoms with van der Waals surface area (Å²) in [5.41, 5.74) is 1.76. The summed E-state index contributed by atoms with van der Waals surface area (Å²) in [6, 6.07) is 9.49. The van der Waals surface area contributed by atoms with Crippen LogP contribution in [0.1, 0.15) is 23.1 Å². The van der Waals surface area contributed by atoms with Crippen molar-refractivity contribution >= 4 is 6.03 Å². The molecule has 0 bridgehead atoms. The number of para-hydroxylation sites is 1. The molecule has 1 aromatic heterocycles. The summed E-state index contributed by atoms with van der Waals surface area (Å²) in [7, 11) is 7.33. The van der Waals surface area contributed by atoms with Gasteiger partial charge in [0.2, 0.25) is 0 Å². The average Bonchev–Trinajstić information content (AvgIpc) is 2.99. The van der Waals surface area contributed by atoms with Crippen molar-refractivity contribution in [1.29, 1.82) is 0 Å². The van der Waals surface area contributed by atoms with E-state index in [4.69, 9.17) is 9.26 Å². The van der Waals surface area contributed by atoms with Crippen molar-refractivity contribution in [2.24, 2.45) is 0 Å². The second-order valence-corrected chi connectivity index (χ2v) is 6.19. The Kier molecular flexibility index (Phi) is 6.41. The highest BCUT2D eigenvalue weighted by atomic mass is 16.5. The molecule has 1 aromatic carbocycles. The molecule has 0 saturated carbocycles. The van der Waals surface area contributed by atoms with Crippen molar-refractivity contribution in [3.8, 4) is 5.75 Å². The van der Waals surface area contributed by atoms with Crippen LogP contribution in [-0.2, 0) is 6.54 Å². The molecule has 0 aliphatic carbocycles. The van der Waals surface area contributed by atoms with E-state index in [2.05, 4.69) is 15.4 Å². The standard InChI is InChI=1S/C18H26N4O3/c1-13-10-14(20-25-13)12-22(4)18(23)19-11-16(21(2)3)15-8-6-7-9-17(15)24-5/h6-10,16H,11-12H2,1-5H3,(H,19,23)/t16-/m0/s1. The molecule has 136 valence electrons. The molecule has 1 atom stereocenters. The van der Waals surface area contributed by atoms with Gasteiger partial charge in [0.1, 0.15) is 17.2 Å². The van der Waals surface area contributed by atoms with E-state index in [-0.39, 0.29) is 12.1 Å². The molecule has 2 rings (SSSR count). The lowest BCUT2D eigenvalue weighted by atomic mass is 10.0. The molecular formula is C18H26N4O3. The first kappa shape index (κ1) is 18.8. The second kappa shape index (κ2) is 8.53. The number of nitrogens with zero attached hydrogens (tertiary/aromatic N) is 3. The van der Waals surface area contributed by atoms with E-state index < -0.39 is 0 Å².